The van der Waals surface area contributed by atoms with Crippen LogP contribution in [-0.2, 0) is 10.8 Å². The van der Waals surface area contributed by atoms with E-state index < -0.39 is 144 Å². The summed E-state index contributed by atoms with van der Waals surface area (Å²) in [5.74, 6) is 0. The Morgan fingerprint density at radius 3 is 0.969 bits per heavy atom. The highest BCUT2D eigenvalue weighted by Crippen LogP contribution is 2.58. The molecular weight excluding hydrogens is 1560 g/mol. The first-order chi connectivity index (χ1) is 71.7. The summed E-state index contributed by atoms with van der Waals surface area (Å²) >= 11 is 0. The highest BCUT2D eigenvalue weighted by molar-refractivity contribution is 7.00. The van der Waals surface area contributed by atoms with E-state index in [0.29, 0.717) is 89.4 Å². The number of hydrogen-bond donors (Lipinski definition) is 0. The van der Waals surface area contributed by atoms with E-state index in [4.69, 9.17) is 0 Å². The van der Waals surface area contributed by atoms with E-state index in [-0.39, 0.29) is 83.1 Å². The third-order valence-corrected chi connectivity index (χ3v) is 27.0. The summed E-state index contributed by atoms with van der Waals surface area (Å²) in [6, 6.07) is 81.1. The van der Waals surface area contributed by atoms with Gasteiger partial charge in [-0.3, -0.25) is 0 Å². The lowest BCUT2D eigenvalue weighted by atomic mass is 9.33. The Kier molecular flexibility index (Phi) is 11.9. The minimum atomic E-state index is -1.69. The largest absolute Gasteiger partial charge is 0.310 e. The van der Waals surface area contributed by atoms with Crippen LogP contribution in [0.1, 0.15) is 80.1 Å². The molecule has 129 heavy (non-hydrogen) atoms. The maximum atomic E-state index is 12.4. The molecule has 2 aliphatic rings. The van der Waals surface area contributed by atoms with E-state index >= 15 is 0 Å². The van der Waals surface area contributed by atoms with Gasteiger partial charge < -0.3 is 27.7 Å². The molecule has 606 valence electrons. The highest BCUT2D eigenvalue weighted by Gasteiger charge is 2.47. The van der Waals surface area contributed by atoms with Crippen LogP contribution in [0.25, 0.3) is 198 Å². The molecule has 0 saturated heterocycles. The van der Waals surface area contributed by atoms with Crippen molar-refractivity contribution in [2.24, 2.45) is 0 Å². The molecule has 0 radical (unpaired) electrons. The first-order valence-electron chi connectivity index (χ1n) is 53.7. The van der Waals surface area contributed by atoms with E-state index in [0.717, 1.165) is 81.8 Å². The maximum Gasteiger partial charge on any atom is 0.252 e. The SMILES string of the molecule is [2H]c1c([2H])c(-n2c3c([2H])c([2H])c([2H])c([2H])c3c3c([2H])c(-c4ccccc4)c([2H])c([2H])c32)c([2H])c2c1B1c3c(cc(C(C)(C)C)cc3N(c3c(-c4ccccc4)cc(C(C)(C)C)cc3-c3ccccc3)c3c([2H])c(-n4c5c([2H])c([2H])c([2H])c([2H])c5c5c([2H])c(-c6ccccc6)c([2H])c([2H])c54)c([2H])c([2H])c31)N2c1c(-c2cc3c4ccccc4n4c5ccccc5c(c2)c34)cccc1-c1cc2c3ccccc3n3c4ccccc4c(c1)c23. The second-order valence-electron chi connectivity index (χ2n) is 36.2. The minimum Gasteiger partial charge on any atom is -0.310 e. The molecule has 8 heterocycles. The van der Waals surface area contributed by atoms with Gasteiger partial charge in [0.2, 0.25) is 0 Å². The van der Waals surface area contributed by atoms with Gasteiger partial charge in [0.25, 0.3) is 6.71 Å². The molecule has 0 amide bonds. The standard InChI is InChI=1S/C122H85BN6/c1-121(2,3)82-68-94(76-36-15-9-16-37-76)118(95(69-82)77-38-17-10-18-39-77)129-113-73-85(125-105-49-26-20-41-89(105)97-63-79(55-61-111(97)125)75-34-13-8-14-35-75)57-59-103(113)123-102-58-56-84(124-104-48-25-19-40-88(104)96-62-78(54-60-110(96)124)74-32-11-7-12-33-74)72-112(102)128(114-70-83(122(4,5)6)71-115(129)116(114)123)117-86(80-64-98-90-42-21-27-50-106(90)126-107-51-28-22-43-91(107)99(65-80)119(98)126)46-31-47-87(117)81-66-100-92-44-23-29-52-108(92)127-109-53-30-24-45-93(109)101(67-81)120(100)127/h7-73H,1-6H3/i19D,20D,25D,26D,40D,41D,48D,49D,54D,55D,56D,57D,58D,59D,60D,61D,62D,63D,72D,73D. The number of rotatable bonds is 10. The number of hydrogen-bond acceptors (Lipinski definition) is 2. The van der Waals surface area contributed by atoms with Gasteiger partial charge in [-0.1, -0.05) is 314 Å². The van der Waals surface area contributed by atoms with Gasteiger partial charge >= 0.3 is 0 Å². The van der Waals surface area contributed by atoms with E-state index in [9.17, 15) is 27.4 Å². The lowest BCUT2D eigenvalue weighted by molar-refractivity contribution is 0.590. The van der Waals surface area contributed by atoms with Crippen LogP contribution in [0.3, 0.4) is 0 Å². The molecule has 6 nitrogen and oxygen atoms in total. The number of para-hydroxylation sites is 7. The molecule has 0 aliphatic carbocycles. The van der Waals surface area contributed by atoms with Gasteiger partial charge in [-0.2, -0.15) is 0 Å². The Morgan fingerprint density at radius 1 is 0.240 bits per heavy atom. The Morgan fingerprint density at radius 2 is 0.581 bits per heavy atom. The van der Waals surface area contributed by atoms with Crippen LogP contribution >= 0.6 is 0 Å². The summed E-state index contributed by atoms with van der Waals surface area (Å²) < 4.78 is 221. The molecule has 25 aromatic rings. The molecule has 0 N–H and O–H groups in total. The molecular formula is C122H85BN6. The van der Waals surface area contributed by atoms with Crippen molar-refractivity contribution in [2.45, 2.75) is 52.4 Å². The Balaban J connectivity index is 0.887. The van der Waals surface area contributed by atoms with Gasteiger partial charge in [0.1, 0.15) is 0 Å². The van der Waals surface area contributed by atoms with Gasteiger partial charge in [-0.25, -0.2) is 0 Å². The average molecular weight is 1670 g/mol. The fraction of sp³-hybridized carbons (Fsp3) is 0.0656. The zero-order valence-electron chi connectivity index (χ0n) is 90.9. The second kappa shape index (κ2) is 27.3. The predicted octanol–water partition coefficient (Wildman–Crippen LogP) is 30.9. The number of nitrogens with zero attached hydrogens (tertiary/aromatic N) is 6. The lowest BCUT2D eigenvalue weighted by Crippen LogP contribution is -2.61. The third-order valence-electron chi connectivity index (χ3n) is 27.0. The van der Waals surface area contributed by atoms with Crippen LogP contribution in [0.5, 0.6) is 0 Å². The molecule has 0 fully saturated rings. The van der Waals surface area contributed by atoms with Crippen molar-refractivity contribution >= 4 is 177 Å². The van der Waals surface area contributed by atoms with Crippen LogP contribution in [0, 0.1) is 0 Å². The fourth-order valence-corrected chi connectivity index (χ4v) is 21.1. The molecule has 7 heteroatoms. The van der Waals surface area contributed by atoms with Crippen molar-refractivity contribution in [1.82, 2.24) is 17.9 Å². The zero-order chi connectivity index (χ0) is 103. The van der Waals surface area contributed by atoms with Crippen LogP contribution in [0.15, 0.2) is 406 Å². The van der Waals surface area contributed by atoms with Crippen molar-refractivity contribution in [3.05, 3.63) is 417 Å². The second-order valence-corrected chi connectivity index (χ2v) is 36.2. The summed E-state index contributed by atoms with van der Waals surface area (Å²) in [5, 5.41) is 6.56. The van der Waals surface area contributed by atoms with Gasteiger partial charge in [0.15, 0.2) is 0 Å². The van der Waals surface area contributed by atoms with Crippen LogP contribution < -0.4 is 26.2 Å². The van der Waals surface area contributed by atoms with E-state index in [1.807, 2.05) is 125 Å². The van der Waals surface area contributed by atoms with Crippen LogP contribution in [0.2, 0.25) is 0 Å². The smallest absolute Gasteiger partial charge is 0.252 e. The normalized spacial score (nSPS) is 15.2. The summed E-state index contributed by atoms with van der Waals surface area (Å²) in [4.78, 5) is 3.97. The molecule has 0 saturated carbocycles. The summed E-state index contributed by atoms with van der Waals surface area (Å²) in [5.41, 5.74) is 10.4. The zero-order valence-corrected chi connectivity index (χ0v) is 70.9. The summed E-state index contributed by atoms with van der Waals surface area (Å²) in [7, 11) is 0. The molecule has 2 aliphatic heterocycles. The first kappa shape index (κ1) is 56.1. The van der Waals surface area contributed by atoms with Gasteiger partial charge in [0, 0.05) is 121 Å². The summed E-state index contributed by atoms with van der Waals surface area (Å²) in [6.45, 7) is 10.9. The maximum absolute atomic E-state index is 12.4. The van der Waals surface area contributed by atoms with Crippen molar-refractivity contribution < 1.29 is 27.4 Å². The molecule has 0 bridgehead atoms. The molecule has 0 atom stereocenters. The minimum absolute atomic E-state index is 0.0323. The molecule has 6 aromatic heterocycles. The topological polar surface area (TPSA) is 25.2 Å². The van der Waals surface area contributed by atoms with Gasteiger partial charge in [-0.15, -0.1) is 0 Å². The van der Waals surface area contributed by atoms with E-state index in [2.05, 4.69) is 160 Å². The van der Waals surface area contributed by atoms with Crippen LogP contribution in [0.4, 0.5) is 34.1 Å². The average Bonchev–Trinajstić information content (AvgIpc) is 1.63. The van der Waals surface area contributed by atoms with Gasteiger partial charge in [-0.05, 0) is 216 Å². The number of benzene rings is 19. The lowest BCUT2D eigenvalue weighted by Gasteiger charge is -2.46. The van der Waals surface area contributed by atoms with Crippen LogP contribution in [-0.4, -0.2) is 24.6 Å². The Bertz CT molecular complexity index is 9910. The predicted molar refractivity (Wildman–Crippen MR) is 548 cm³/mol. The van der Waals surface area contributed by atoms with Crippen molar-refractivity contribution in [2.75, 3.05) is 9.80 Å². The van der Waals surface area contributed by atoms with Crippen molar-refractivity contribution in [1.29, 1.82) is 0 Å². The number of anilines is 6. The quantitative estimate of drug-likeness (QED) is 0.128. The molecule has 27 rings (SSSR count). The van der Waals surface area contributed by atoms with Crippen molar-refractivity contribution in [3.63, 3.8) is 0 Å². The molecule has 19 aromatic carbocycles. The monoisotopic (exact) mass is 1660 g/mol. The Hall–Kier alpha value is -16.0. The number of aromatic nitrogens is 4. The van der Waals surface area contributed by atoms with E-state index in [1.54, 1.807) is 60.7 Å². The summed E-state index contributed by atoms with van der Waals surface area (Å²) in [6.07, 6.45) is 0. The van der Waals surface area contributed by atoms with Gasteiger partial charge in [0.05, 0.1) is 94.0 Å². The highest BCUT2D eigenvalue weighted by atomic mass is 15.2. The Labute approximate surface area is 775 Å². The third kappa shape index (κ3) is 10.7. The number of fused-ring (bicyclic) bond motifs is 22. The van der Waals surface area contributed by atoms with Crippen molar-refractivity contribution in [3.8, 4) is 78.1 Å². The fourth-order valence-electron chi connectivity index (χ4n) is 21.1. The first-order valence-corrected chi connectivity index (χ1v) is 43.7. The molecule has 0 spiro atoms. The molecule has 0 unspecified atom stereocenters. The van der Waals surface area contributed by atoms with E-state index in [1.165, 1.54) is 9.13 Å².